The highest BCUT2D eigenvalue weighted by molar-refractivity contribution is 5.28. The first-order valence-corrected chi connectivity index (χ1v) is 9.44. The summed E-state index contributed by atoms with van der Waals surface area (Å²) in [4.78, 5) is 0. The van der Waals surface area contributed by atoms with Crippen molar-refractivity contribution in [1.82, 2.24) is 0 Å². The summed E-state index contributed by atoms with van der Waals surface area (Å²) in [7, 11) is 0. The van der Waals surface area contributed by atoms with Gasteiger partial charge in [0, 0.05) is 5.56 Å². The second-order valence-corrected chi connectivity index (χ2v) is 7.15. The molecule has 3 nitrogen and oxygen atoms in total. The Morgan fingerprint density at radius 1 is 0.760 bits per heavy atom. The van der Waals surface area contributed by atoms with Gasteiger partial charge in [-0.25, -0.2) is 0 Å². The van der Waals surface area contributed by atoms with E-state index in [-0.39, 0.29) is 12.2 Å². The number of hydrogen-bond donors (Lipinski definition) is 1. The van der Waals surface area contributed by atoms with E-state index < -0.39 is 11.9 Å². The fraction of sp³-hybridized carbons (Fsp3) is 0.455. The molecular weight excluding hydrogens is 312 g/mol. The molecular formula is C22H26O3. The minimum Gasteiger partial charge on any atom is -0.382 e. The van der Waals surface area contributed by atoms with Crippen molar-refractivity contribution >= 4 is 0 Å². The summed E-state index contributed by atoms with van der Waals surface area (Å²) in [5.41, 5.74) is 1.71. The minimum absolute atomic E-state index is 0.0545. The summed E-state index contributed by atoms with van der Waals surface area (Å²) in [5, 5.41) is 11.3. The number of benzene rings is 2. The Kier molecular flexibility index (Phi) is 4.89. The molecule has 0 aromatic heterocycles. The molecule has 2 fully saturated rings. The molecule has 1 aliphatic heterocycles. The molecule has 0 radical (unpaired) electrons. The van der Waals surface area contributed by atoms with Crippen molar-refractivity contribution in [1.29, 1.82) is 0 Å². The Bertz CT molecular complexity index is 654. The summed E-state index contributed by atoms with van der Waals surface area (Å²) < 4.78 is 13.0. The van der Waals surface area contributed by atoms with E-state index in [0.717, 1.165) is 36.8 Å². The van der Waals surface area contributed by atoms with Gasteiger partial charge in [0.2, 0.25) is 5.79 Å². The van der Waals surface area contributed by atoms with Gasteiger partial charge in [0.15, 0.2) is 0 Å². The van der Waals surface area contributed by atoms with Crippen LogP contribution in [0.25, 0.3) is 0 Å². The normalized spacial score (nSPS) is 30.9. The lowest BCUT2D eigenvalue weighted by Crippen LogP contribution is -2.36. The zero-order valence-corrected chi connectivity index (χ0v) is 14.5. The van der Waals surface area contributed by atoms with E-state index in [1.807, 2.05) is 60.7 Å². The van der Waals surface area contributed by atoms with E-state index in [2.05, 4.69) is 0 Å². The Balaban J connectivity index is 1.73. The van der Waals surface area contributed by atoms with Crippen LogP contribution < -0.4 is 0 Å². The topological polar surface area (TPSA) is 38.7 Å². The molecule has 3 atom stereocenters. The zero-order chi connectivity index (χ0) is 17.1. The van der Waals surface area contributed by atoms with Gasteiger partial charge in [0.25, 0.3) is 0 Å². The molecule has 2 aromatic carbocycles. The maximum Gasteiger partial charge on any atom is 0.226 e. The third kappa shape index (κ3) is 3.24. The van der Waals surface area contributed by atoms with E-state index >= 15 is 0 Å². The van der Waals surface area contributed by atoms with Crippen molar-refractivity contribution in [3.8, 4) is 0 Å². The highest BCUT2D eigenvalue weighted by Gasteiger charge is 2.53. The van der Waals surface area contributed by atoms with Gasteiger partial charge in [-0.05, 0) is 18.4 Å². The van der Waals surface area contributed by atoms with Crippen LogP contribution in [0.4, 0.5) is 0 Å². The van der Waals surface area contributed by atoms with Crippen LogP contribution in [0.5, 0.6) is 0 Å². The average Bonchev–Trinajstić information content (AvgIpc) is 3.01. The van der Waals surface area contributed by atoms with Gasteiger partial charge in [0.1, 0.15) is 6.10 Å². The number of aliphatic hydroxyl groups excluding tert-OH is 1. The van der Waals surface area contributed by atoms with Crippen molar-refractivity contribution < 1.29 is 14.6 Å². The van der Waals surface area contributed by atoms with E-state index in [0.29, 0.717) is 0 Å². The number of aliphatic hydroxyl groups is 1. The van der Waals surface area contributed by atoms with Gasteiger partial charge in [-0.1, -0.05) is 86.3 Å². The largest absolute Gasteiger partial charge is 0.382 e. The van der Waals surface area contributed by atoms with E-state index in [4.69, 9.17) is 9.47 Å². The van der Waals surface area contributed by atoms with Crippen LogP contribution in [-0.4, -0.2) is 17.3 Å². The quantitative estimate of drug-likeness (QED) is 0.881. The molecule has 2 aromatic rings. The first-order chi connectivity index (χ1) is 12.3. The summed E-state index contributed by atoms with van der Waals surface area (Å²) >= 11 is 0. The van der Waals surface area contributed by atoms with Crippen molar-refractivity contribution in [2.45, 2.75) is 62.6 Å². The van der Waals surface area contributed by atoms with Gasteiger partial charge < -0.3 is 14.6 Å². The molecule has 1 saturated carbocycles. The van der Waals surface area contributed by atoms with Crippen LogP contribution in [0.3, 0.4) is 0 Å². The standard InChI is InChI=1S/C22H26O3/c23-21(17-11-5-3-6-12-17)22(18-13-7-4-8-14-18)24-19-15-9-1-2-10-16-20(19)25-22/h3-8,11-14,19-21,23H,1-2,9-10,15-16H2. The molecule has 0 bridgehead atoms. The van der Waals surface area contributed by atoms with Gasteiger partial charge in [-0.15, -0.1) is 0 Å². The van der Waals surface area contributed by atoms with Crippen LogP contribution >= 0.6 is 0 Å². The molecule has 0 amide bonds. The van der Waals surface area contributed by atoms with Crippen molar-refractivity contribution in [3.63, 3.8) is 0 Å². The van der Waals surface area contributed by atoms with Crippen molar-refractivity contribution in [3.05, 3.63) is 71.8 Å². The molecule has 0 spiro atoms. The third-order valence-corrected chi connectivity index (χ3v) is 5.45. The first kappa shape index (κ1) is 16.8. The van der Waals surface area contributed by atoms with Crippen LogP contribution in [-0.2, 0) is 15.3 Å². The predicted octanol–water partition coefficient (Wildman–Crippen LogP) is 4.71. The second-order valence-electron chi connectivity index (χ2n) is 7.15. The van der Waals surface area contributed by atoms with Gasteiger partial charge in [-0.3, -0.25) is 0 Å². The Morgan fingerprint density at radius 3 is 1.84 bits per heavy atom. The Labute approximate surface area is 149 Å². The predicted molar refractivity (Wildman–Crippen MR) is 97.0 cm³/mol. The molecule has 1 heterocycles. The molecule has 132 valence electrons. The molecule has 2 aliphatic rings. The molecule has 1 N–H and O–H groups in total. The van der Waals surface area contributed by atoms with Crippen molar-refractivity contribution in [2.24, 2.45) is 0 Å². The highest BCUT2D eigenvalue weighted by Crippen LogP contribution is 2.48. The Hall–Kier alpha value is -1.68. The molecule has 25 heavy (non-hydrogen) atoms. The maximum atomic E-state index is 11.3. The monoisotopic (exact) mass is 338 g/mol. The summed E-state index contributed by atoms with van der Waals surface area (Å²) in [6.45, 7) is 0. The fourth-order valence-corrected chi connectivity index (χ4v) is 4.11. The Morgan fingerprint density at radius 2 is 1.28 bits per heavy atom. The van der Waals surface area contributed by atoms with Crippen LogP contribution in [0, 0.1) is 0 Å². The summed E-state index contributed by atoms with van der Waals surface area (Å²) in [6, 6.07) is 19.6. The van der Waals surface area contributed by atoms with Crippen LogP contribution in [0.1, 0.15) is 55.8 Å². The molecule has 1 aliphatic carbocycles. The van der Waals surface area contributed by atoms with E-state index in [1.165, 1.54) is 12.8 Å². The molecule has 3 heteroatoms. The number of hydrogen-bond acceptors (Lipinski definition) is 3. The summed E-state index contributed by atoms with van der Waals surface area (Å²) in [6.07, 6.45) is 6.09. The first-order valence-electron chi connectivity index (χ1n) is 9.44. The smallest absolute Gasteiger partial charge is 0.226 e. The number of fused-ring (bicyclic) bond motifs is 1. The molecule has 1 saturated heterocycles. The van der Waals surface area contributed by atoms with Gasteiger partial charge >= 0.3 is 0 Å². The van der Waals surface area contributed by atoms with Crippen LogP contribution in [0.15, 0.2) is 60.7 Å². The zero-order valence-electron chi connectivity index (χ0n) is 14.5. The van der Waals surface area contributed by atoms with E-state index in [1.54, 1.807) is 0 Å². The lowest BCUT2D eigenvalue weighted by atomic mass is 9.94. The highest BCUT2D eigenvalue weighted by atomic mass is 16.8. The maximum absolute atomic E-state index is 11.3. The average molecular weight is 338 g/mol. The second kappa shape index (κ2) is 7.28. The molecule has 4 rings (SSSR count). The SMILES string of the molecule is OC(c1ccccc1)C1(c2ccccc2)OC2CCCCCCC2O1. The van der Waals surface area contributed by atoms with Crippen molar-refractivity contribution in [2.75, 3.05) is 0 Å². The lowest BCUT2D eigenvalue weighted by Gasteiger charge is -2.34. The lowest BCUT2D eigenvalue weighted by molar-refractivity contribution is -0.247. The summed E-state index contributed by atoms with van der Waals surface area (Å²) in [5.74, 6) is -1.12. The van der Waals surface area contributed by atoms with Gasteiger partial charge in [-0.2, -0.15) is 0 Å². The minimum atomic E-state index is -1.12. The van der Waals surface area contributed by atoms with Crippen LogP contribution in [0.2, 0.25) is 0 Å². The number of ether oxygens (including phenoxy) is 2. The number of rotatable bonds is 3. The molecule has 3 unspecified atom stereocenters. The fourth-order valence-electron chi connectivity index (χ4n) is 4.11. The van der Waals surface area contributed by atoms with Gasteiger partial charge in [0.05, 0.1) is 12.2 Å². The van der Waals surface area contributed by atoms with E-state index in [9.17, 15) is 5.11 Å². The third-order valence-electron chi connectivity index (χ3n) is 5.45.